The molecule has 0 saturated heterocycles. The second-order valence-corrected chi connectivity index (χ2v) is 6.73. The summed E-state index contributed by atoms with van der Waals surface area (Å²) < 4.78 is 15.2. The average Bonchev–Trinajstić information content (AvgIpc) is 3.11. The molecule has 0 unspecified atom stereocenters. The van der Waals surface area contributed by atoms with Crippen LogP contribution in [0.4, 0.5) is 0 Å². The van der Waals surface area contributed by atoms with Gasteiger partial charge in [-0.1, -0.05) is 12.1 Å². The van der Waals surface area contributed by atoms with Crippen LogP contribution in [0.15, 0.2) is 46.7 Å². The fourth-order valence-corrected chi connectivity index (χ4v) is 2.11. The van der Waals surface area contributed by atoms with Crippen molar-refractivity contribution in [2.45, 2.75) is 33.3 Å². The summed E-state index contributed by atoms with van der Waals surface area (Å²) in [6.07, 6.45) is 2.02. The normalized spacial score (nSPS) is 11.8. The van der Waals surface area contributed by atoms with Crippen molar-refractivity contribution >= 4 is 17.7 Å². The molecule has 1 heterocycles. The van der Waals surface area contributed by atoms with Crippen molar-refractivity contribution in [1.29, 1.82) is 0 Å². The van der Waals surface area contributed by atoms with Crippen LogP contribution in [-0.2, 0) is 14.3 Å². The van der Waals surface area contributed by atoms with E-state index in [1.54, 1.807) is 39.8 Å². The van der Waals surface area contributed by atoms with Crippen molar-refractivity contribution < 1.29 is 33.4 Å². The maximum atomic E-state index is 12.3. The zero-order valence-electron chi connectivity index (χ0n) is 16.0. The van der Waals surface area contributed by atoms with Crippen LogP contribution < -0.4 is 0 Å². The number of rotatable bonds is 6. The van der Waals surface area contributed by atoms with Crippen molar-refractivity contribution in [2.24, 2.45) is 0 Å². The predicted octanol–water partition coefficient (Wildman–Crippen LogP) is 3.48. The van der Waals surface area contributed by atoms with E-state index in [1.165, 1.54) is 18.3 Å². The second kappa shape index (κ2) is 8.51. The molecule has 0 amide bonds. The molecule has 0 spiro atoms. The van der Waals surface area contributed by atoms with E-state index in [4.69, 9.17) is 13.9 Å². The van der Waals surface area contributed by atoms with E-state index >= 15 is 0 Å². The Bertz CT molecular complexity index is 919. The molecule has 2 aromatic rings. The fourth-order valence-electron chi connectivity index (χ4n) is 2.11. The minimum Gasteiger partial charge on any atom is -0.502 e. The molecule has 8 heteroatoms. The van der Waals surface area contributed by atoms with Crippen molar-refractivity contribution in [1.82, 2.24) is 4.98 Å². The smallest absolute Gasteiger partial charge is 0.375 e. The zero-order valence-corrected chi connectivity index (χ0v) is 16.0. The highest BCUT2D eigenvalue weighted by Crippen LogP contribution is 2.21. The maximum absolute atomic E-state index is 12.3. The van der Waals surface area contributed by atoms with Crippen LogP contribution in [0.3, 0.4) is 0 Å². The van der Waals surface area contributed by atoms with E-state index in [0.29, 0.717) is 5.56 Å². The summed E-state index contributed by atoms with van der Waals surface area (Å²) >= 11 is 0. The van der Waals surface area contributed by atoms with E-state index in [0.717, 1.165) is 6.08 Å². The third kappa shape index (κ3) is 5.54. The van der Waals surface area contributed by atoms with Crippen LogP contribution in [0.5, 0.6) is 0 Å². The van der Waals surface area contributed by atoms with Gasteiger partial charge in [0.25, 0.3) is 0 Å². The summed E-state index contributed by atoms with van der Waals surface area (Å²) in [6.45, 7) is 6.80. The van der Waals surface area contributed by atoms with E-state index in [9.17, 15) is 19.5 Å². The lowest BCUT2D eigenvalue weighted by molar-refractivity contribution is -0.153. The van der Waals surface area contributed by atoms with Gasteiger partial charge < -0.3 is 19.0 Å². The number of oxazole rings is 1. The summed E-state index contributed by atoms with van der Waals surface area (Å²) in [5.74, 6) is -2.98. The van der Waals surface area contributed by atoms with E-state index < -0.39 is 29.1 Å². The van der Waals surface area contributed by atoms with Crippen molar-refractivity contribution in [3.63, 3.8) is 0 Å². The van der Waals surface area contributed by atoms with Crippen LogP contribution in [0, 0.1) is 0 Å². The number of aromatic nitrogens is 1. The molecule has 0 fully saturated rings. The Morgan fingerprint density at radius 3 is 2.61 bits per heavy atom. The molecule has 148 valence electrons. The SMILES string of the molecule is CCOC(=O)c1cnc(-c2cccc(C(=O)/C=C(\O)C(=O)OC(C)(C)C)c2)o1. The number of esters is 2. The lowest BCUT2D eigenvalue weighted by Gasteiger charge is -2.18. The van der Waals surface area contributed by atoms with Gasteiger partial charge >= 0.3 is 11.9 Å². The Morgan fingerprint density at radius 1 is 1.25 bits per heavy atom. The van der Waals surface area contributed by atoms with Gasteiger partial charge in [0, 0.05) is 17.2 Å². The first-order valence-corrected chi connectivity index (χ1v) is 8.52. The first-order chi connectivity index (χ1) is 13.1. The third-order valence-corrected chi connectivity index (χ3v) is 3.25. The lowest BCUT2D eigenvalue weighted by atomic mass is 10.1. The van der Waals surface area contributed by atoms with Crippen LogP contribution in [0.25, 0.3) is 11.5 Å². The Balaban J connectivity index is 2.21. The number of ether oxygens (including phenoxy) is 2. The summed E-state index contributed by atoms with van der Waals surface area (Å²) in [4.78, 5) is 39.8. The number of hydrogen-bond donors (Lipinski definition) is 1. The molecule has 0 saturated carbocycles. The van der Waals surface area contributed by atoms with E-state index in [1.807, 2.05) is 0 Å². The van der Waals surface area contributed by atoms with Gasteiger partial charge in [-0.25, -0.2) is 14.6 Å². The number of carbonyl (C=O) groups is 3. The van der Waals surface area contributed by atoms with Gasteiger partial charge in [0.2, 0.25) is 17.4 Å². The molecule has 0 aliphatic heterocycles. The average molecular weight is 387 g/mol. The van der Waals surface area contributed by atoms with Gasteiger partial charge in [-0.05, 0) is 39.8 Å². The molecule has 8 nitrogen and oxygen atoms in total. The minimum atomic E-state index is -0.996. The third-order valence-electron chi connectivity index (χ3n) is 3.25. The zero-order chi connectivity index (χ0) is 20.9. The van der Waals surface area contributed by atoms with E-state index in [2.05, 4.69) is 4.98 Å². The number of nitrogens with zero attached hydrogens (tertiary/aromatic N) is 1. The van der Waals surface area contributed by atoms with Crippen molar-refractivity contribution in [3.8, 4) is 11.5 Å². The molecule has 0 atom stereocenters. The molecule has 0 aliphatic rings. The summed E-state index contributed by atoms with van der Waals surface area (Å²) in [5.41, 5.74) is -0.182. The Hall–Kier alpha value is -3.42. The number of aliphatic hydroxyl groups excluding tert-OH is 1. The van der Waals surface area contributed by atoms with Crippen molar-refractivity contribution in [2.75, 3.05) is 6.61 Å². The lowest BCUT2D eigenvalue weighted by Crippen LogP contribution is -2.25. The van der Waals surface area contributed by atoms with Gasteiger partial charge in [0.15, 0.2) is 5.78 Å². The second-order valence-electron chi connectivity index (χ2n) is 6.73. The van der Waals surface area contributed by atoms with Gasteiger partial charge in [0.05, 0.1) is 12.8 Å². The molecule has 2 rings (SSSR count). The first kappa shape index (κ1) is 20.9. The number of hydrogen-bond acceptors (Lipinski definition) is 8. The van der Waals surface area contributed by atoms with Gasteiger partial charge in [-0.2, -0.15) is 0 Å². The van der Waals surface area contributed by atoms with Crippen LogP contribution in [0.2, 0.25) is 0 Å². The highest BCUT2D eigenvalue weighted by molar-refractivity contribution is 6.08. The highest BCUT2D eigenvalue weighted by Gasteiger charge is 2.21. The van der Waals surface area contributed by atoms with Gasteiger partial charge in [-0.15, -0.1) is 0 Å². The Morgan fingerprint density at radius 2 is 1.96 bits per heavy atom. The van der Waals surface area contributed by atoms with Crippen LogP contribution in [0.1, 0.15) is 48.6 Å². The number of benzene rings is 1. The summed E-state index contributed by atoms with van der Waals surface area (Å²) in [7, 11) is 0. The largest absolute Gasteiger partial charge is 0.502 e. The number of ketones is 1. The molecule has 0 aliphatic carbocycles. The molecule has 28 heavy (non-hydrogen) atoms. The molecular weight excluding hydrogens is 366 g/mol. The standard InChI is InChI=1S/C20H21NO7/c1-5-26-19(25)16-11-21-17(27-16)13-8-6-7-12(9-13)14(22)10-15(23)18(24)28-20(2,3)4/h6-11,23H,5H2,1-4H3/b15-10-. The van der Waals surface area contributed by atoms with Crippen LogP contribution in [-0.4, -0.2) is 40.0 Å². The number of carbonyl (C=O) groups excluding carboxylic acids is 3. The molecule has 0 radical (unpaired) electrons. The first-order valence-electron chi connectivity index (χ1n) is 8.52. The highest BCUT2D eigenvalue weighted by atomic mass is 16.6. The molecule has 0 bridgehead atoms. The summed E-state index contributed by atoms with van der Waals surface area (Å²) in [6, 6.07) is 6.17. The minimum absolute atomic E-state index is 0.0592. The number of aliphatic hydroxyl groups is 1. The topological polar surface area (TPSA) is 116 Å². The predicted molar refractivity (Wildman–Crippen MR) is 98.8 cm³/mol. The fraction of sp³-hybridized carbons (Fsp3) is 0.300. The Kier molecular flexibility index (Phi) is 6.35. The molecule has 1 aromatic carbocycles. The molecule has 1 aromatic heterocycles. The number of allylic oxidation sites excluding steroid dienone is 1. The molecular formula is C20H21NO7. The monoisotopic (exact) mass is 387 g/mol. The van der Waals surface area contributed by atoms with Crippen LogP contribution >= 0.6 is 0 Å². The molecule has 1 N–H and O–H groups in total. The maximum Gasteiger partial charge on any atom is 0.375 e. The summed E-state index contributed by atoms with van der Waals surface area (Å²) in [5, 5.41) is 9.80. The Labute approximate surface area is 161 Å². The quantitative estimate of drug-likeness (QED) is 0.347. The van der Waals surface area contributed by atoms with Gasteiger partial charge in [-0.3, -0.25) is 4.79 Å². The van der Waals surface area contributed by atoms with Crippen molar-refractivity contribution in [3.05, 3.63) is 53.6 Å². The van der Waals surface area contributed by atoms with Gasteiger partial charge in [0.1, 0.15) is 5.60 Å². The van der Waals surface area contributed by atoms with E-state index in [-0.39, 0.29) is 23.8 Å².